The molecule has 0 bridgehead atoms. The van der Waals surface area contributed by atoms with E-state index in [0.29, 0.717) is 0 Å². The monoisotopic (exact) mass is 343 g/mol. The number of halogens is 3. The molecule has 0 aliphatic carbocycles. The highest BCUT2D eigenvalue weighted by atomic mass is 19.1. The van der Waals surface area contributed by atoms with E-state index in [0.717, 1.165) is 5.56 Å². The summed E-state index contributed by atoms with van der Waals surface area (Å²) in [4.78, 5) is 14.3. The number of carbonyl (C=O) groups is 1. The Morgan fingerprint density at radius 3 is 2.38 bits per heavy atom. The molecule has 1 atom stereocenters. The van der Waals surface area contributed by atoms with Gasteiger partial charge in [0.15, 0.2) is 0 Å². The number of ether oxygens (including phenoxy) is 1. The van der Waals surface area contributed by atoms with Gasteiger partial charge in [-0.15, -0.1) is 0 Å². The summed E-state index contributed by atoms with van der Waals surface area (Å²) in [5, 5.41) is 3.42. The molecule has 0 N–H and O–H groups in total. The van der Waals surface area contributed by atoms with Crippen LogP contribution in [0.3, 0.4) is 0 Å². The van der Waals surface area contributed by atoms with E-state index in [1.54, 1.807) is 12.1 Å². The Morgan fingerprint density at radius 1 is 1.21 bits per heavy atom. The molecule has 5 nitrogen and oxygen atoms in total. The predicted octanol–water partition coefficient (Wildman–Crippen LogP) is 4.47. The molecule has 0 heterocycles. The number of alkyl halides is 3. The topological polar surface area (TPSA) is 75.1 Å². The van der Waals surface area contributed by atoms with Crippen LogP contribution in [0.1, 0.15) is 24.8 Å². The fraction of sp³-hybridized carbons (Fsp3) is 0.562. The van der Waals surface area contributed by atoms with Crippen molar-refractivity contribution < 1.29 is 22.7 Å². The van der Waals surface area contributed by atoms with Crippen molar-refractivity contribution in [1.29, 1.82) is 0 Å². The van der Waals surface area contributed by atoms with E-state index in [9.17, 15) is 18.0 Å². The number of hydrogen-bond acceptors (Lipinski definition) is 3. The first kappa shape index (κ1) is 19.8. The Kier molecular flexibility index (Phi) is 8.71. The lowest BCUT2D eigenvalue weighted by Gasteiger charge is -2.27. The maximum Gasteiger partial charge on any atom is 0.306 e. The molecular formula is C16H20F3N3O2. The van der Waals surface area contributed by atoms with E-state index < -0.39 is 37.4 Å². The minimum absolute atomic E-state index is 0.0411. The first-order valence-electron chi connectivity index (χ1n) is 7.51. The highest BCUT2D eigenvalue weighted by molar-refractivity contribution is 5.69. The molecule has 0 aliphatic rings. The minimum atomic E-state index is -1.81. The number of benzene rings is 1. The molecule has 1 aromatic carbocycles. The third kappa shape index (κ3) is 6.50. The summed E-state index contributed by atoms with van der Waals surface area (Å²) < 4.78 is 43.8. The van der Waals surface area contributed by atoms with E-state index in [1.807, 2.05) is 18.2 Å². The number of esters is 1. The summed E-state index contributed by atoms with van der Waals surface area (Å²) in [5.41, 5.74) is 7.54. The van der Waals surface area contributed by atoms with Gasteiger partial charge in [0.1, 0.15) is 26.6 Å². The van der Waals surface area contributed by atoms with Gasteiger partial charge in [-0.05, 0) is 23.9 Å². The molecule has 1 rings (SSSR count). The van der Waals surface area contributed by atoms with Gasteiger partial charge in [-0.2, -0.15) is 0 Å². The molecule has 0 aliphatic heterocycles. The predicted molar refractivity (Wildman–Crippen MR) is 83.4 cm³/mol. The average molecular weight is 343 g/mol. The zero-order valence-electron chi connectivity index (χ0n) is 13.2. The molecule has 0 spiro atoms. The normalized spacial score (nSPS) is 12.3. The standard InChI is InChI=1S/C16H20F3N3O2/c17-10-16(11-18,12-19)8-14(21-22-20)6-7-15(23)24-9-13-4-2-1-3-5-13/h1-5,14H,6-12H2. The molecule has 0 amide bonds. The SMILES string of the molecule is [N-]=[N+]=NC(CCC(=O)OCc1ccccc1)CC(CF)(CF)CF. The van der Waals surface area contributed by atoms with Gasteiger partial charge in [0.2, 0.25) is 0 Å². The molecule has 1 unspecified atom stereocenters. The van der Waals surface area contributed by atoms with Crippen molar-refractivity contribution in [3.63, 3.8) is 0 Å². The molecule has 1 aromatic rings. The fourth-order valence-electron chi connectivity index (χ4n) is 2.14. The summed E-state index contributed by atoms with van der Waals surface area (Å²) in [6.45, 7) is -3.49. The summed E-state index contributed by atoms with van der Waals surface area (Å²) in [7, 11) is 0. The van der Waals surface area contributed by atoms with Crippen molar-refractivity contribution in [3.8, 4) is 0 Å². The number of carbonyl (C=O) groups excluding carboxylic acids is 1. The highest BCUT2D eigenvalue weighted by Gasteiger charge is 2.34. The summed E-state index contributed by atoms with van der Waals surface area (Å²) in [6, 6.07) is 8.18. The van der Waals surface area contributed by atoms with Crippen LogP contribution in [0.25, 0.3) is 10.4 Å². The van der Waals surface area contributed by atoms with Crippen LogP contribution >= 0.6 is 0 Å². The van der Waals surface area contributed by atoms with Crippen molar-refractivity contribution in [2.75, 3.05) is 20.0 Å². The van der Waals surface area contributed by atoms with Gasteiger partial charge in [0.25, 0.3) is 0 Å². The van der Waals surface area contributed by atoms with Gasteiger partial charge in [-0.1, -0.05) is 35.4 Å². The molecule has 0 saturated carbocycles. The summed E-state index contributed by atoms with van der Waals surface area (Å²) in [5.74, 6) is -0.525. The fourth-order valence-corrected chi connectivity index (χ4v) is 2.14. The molecule has 0 aromatic heterocycles. The van der Waals surface area contributed by atoms with Crippen LogP contribution in [0.2, 0.25) is 0 Å². The van der Waals surface area contributed by atoms with Crippen molar-refractivity contribution >= 4 is 5.97 Å². The lowest BCUT2D eigenvalue weighted by Crippen LogP contribution is -2.33. The zero-order chi connectivity index (χ0) is 17.8. The highest BCUT2D eigenvalue weighted by Crippen LogP contribution is 2.29. The first-order valence-corrected chi connectivity index (χ1v) is 7.51. The number of azide groups is 1. The Bertz CT molecular complexity index is 538. The average Bonchev–Trinajstić information content (AvgIpc) is 2.63. The van der Waals surface area contributed by atoms with Crippen LogP contribution in [0.15, 0.2) is 35.4 Å². The van der Waals surface area contributed by atoms with Crippen LogP contribution in [-0.4, -0.2) is 32.0 Å². The Morgan fingerprint density at radius 2 is 1.83 bits per heavy atom. The third-order valence-corrected chi connectivity index (χ3v) is 3.66. The quantitative estimate of drug-likeness (QED) is 0.257. The lowest BCUT2D eigenvalue weighted by molar-refractivity contribution is -0.145. The van der Waals surface area contributed by atoms with Gasteiger partial charge in [0.05, 0.1) is 5.41 Å². The van der Waals surface area contributed by atoms with E-state index in [2.05, 4.69) is 10.0 Å². The maximum atomic E-state index is 12.9. The van der Waals surface area contributed by atoms with Crippen LogP contribution in [0.5, 0.6) is 0 Å². The maximum absolute atomic E-state index is 12.9. The second-order valence-electron chi connectivity index (χ2n) is 5.65. The zero-order valence-corrected chi connectivity index (χ0v) is 13.2. The van der Waals surface area contributed by atoms with Crippen LogP contribution in [-0.2, 0) is 16.1 Å². The largest absolute Gasteiger partial charge is 0.461 e. The van der Waals surface area contributed by atoms with Gasteiger partial charge in [0, 0.05) is 17.4 Å². The molecule has 0 saturated heterocycles. The molecule has 0 fully saturated rings. The van der Waals surface area contributed by atoms with Crippen LogP contribution in [0.4, 0.5) is 13.2 Å². The summed E-state index contributed by atoms with van der Waals surface area (Å²) in [6.07, 6.45) is -0.344. The third-order valence-electron chi connectivity index (χ3n) is 3.66. The summed E-state index contributed by atoms with van der Waals surface area (Å²) >= 11 is 0. The van der Waals surface area contributed by atoms with Crippen molar-refractivity contribution in [2.24, 2.45) is 10.5 Å². The van der Waals surface area contributed by atoms with Crippen LogP contribution < -0.4 is 0 Å². The van der Waals surface area contributed by atoms with Crippen LogP contribution in [0, 0.1) is 5.41 Å². The number of hydrogen-bond donors (Lipinski definition) is 0. The number of nitrogens with zero attached hydrogens (tertiary/aromatic N) is 3. The van der Waals surface area contributed by atoms with Crippen molar-refractivity contribution in [3.05, 3.63) is 46.3 Å². The molecular weight excluding hydrogens is 323 g/mol. The van der Waals surface area contributed by atoms with Gasteiger partial charge >= 0.3 is 5.97 Å². The van der Waals surface area contributed by atoms with E-state index in [1.165, 1.54) is 0 Å². The Hall–Kier alpha value is -2.21. The Labute approximate surface area is 138 Å². The Balaban J connectivity index is 2.50. The molecule has 132 valence electrons. The minimum Gasteiger partial charge on any atom is -0.461 e. The van der Waals surface area contributed by atoms with E-state index in [-0.39, 0.29) is 25.9 Å². The van der Waals surface area contributed by atoms with E-state index >= 15 is 0 Å². The second-order valence-corrected chi connectivity index (χ2v) is 5.65. The lowest BCUT2D eigenvalue weighted by atomic mass is 9.84. The first-order chi connectivity index (χ1) is 11.6. The van der Waals surface area contributed by atoms with Gasteiger partial charge in [-0.25, -0.2) is 0 Å². The van der Waals surface area contributed by atoms with Crippen molar-refractivity contribution in [1.82, 2.24) is 0 Å². The smallest absolute Gasteiger partial charge is 0.306 e. The molecule has 8 heteroatoms. The molecule has 24 heavy (non-hydrogen) atoms. The van der Waals surface area contributed by atoms with Gasteiger partial charge in [-0.3, -0.25) is 18.0 Å². The second kappa shape index (κ2) is 10.5. The van der Waals surface area contributed by atoms with Crippen molar-refractivity contribution in [2.45, 2.75) is 31.9 Å². The molecule has 0 radical (unpaired) electrons. The van der Waals surface area contributed by atoms with E-state index in [4.69, 9.17) is 10.3 Å². The number of rotatable bonds is 11. The van der Waals surface area contributed by atoms with Gasteiger partial charge < -0.3 is 4.74 Å².